The van der Waals surface area contributed by atoms with Crippen molar-refractivity contribution in [3.8, 4) is 0 Å². The highest BCUT2D eigenvalue weighted by atomic mass is 16.8. The zero-order valence-corrected chi connectivity index (χ0v) is 6.30. The highest BCUT2D eigenvalue weighted by Crippen LogP contribution is 2.16. The van der Waals surface area contributed by atoms with Crippen LogP contribution in [0.4, 0.5) is 5.69 Å². The minimum absolute atomic E-state index is 0.233. The van der Waals surface area contributed by atoms with Crippen LogP contribution in [0.25, 0.3) is 11.0 Å². The number of rotatable bonds is 1. The van der Waals surface area contributed by atoms with Crippen molar-refractivity contribution in [1.29, 1.82) is 0 Å². The topological polar surface area (TPSA) is 82.4 Å². The van der Waals surface area contributed by atoms with Crippen molar-refractivity contribution in [1.82, 2.24) is 5.16 Å². The standard InChI is InChI=1S/C7H3N3O3/c11-4-8-5-1-2-6-7(3-5)10(12)13-9-6/h1-3H. The quantitative estimate of drug-likeness (QED) is 0.359. The van der Waals surface area contributed by atoms with Crippen molar-refractivity contribution in [2.75, 3.05) is 0 Å². The number of carbonyl (C=O) groups excluding carboxylic acids is 1. The molecule has 0 aliphatic heterocycles. The van der Waals surface area contributed by atoms with E-state index in [0.29, 0.717) is 11.2 Å². The van der Waals surface area contributed by atoms with E-state index in [0.717, 1.165) is 0 Å². The molecule has 0 spiro atoms. The maximum Gasteiger partial charge on any atom is 0.248 e. The van der Waals surface area contributed by atoms with E-state index in [9.17, 15) is 10.0 Å². The summed E-state index contributed by atoms with van der Waals surface area (Å²) in [4.78, 5) is 13.5. The summed E-state index contributed by atoms with van der Waals surface area (Å²) < 4.78 is 4.32. The second-order valence-corrected chi connectivity index (χ2v) is 2.31. The molecule has 1 heterocycles. The Bertz CT molecular complexity index is 499. The molecule has 0 atom stereocenters. The number of aliphatic imine (C=N–C) groups is 1. The Balaban J connectivity index is 2.72. The first-order chi connectivity index (χ1) is 6.31. The summed E-state index contributed by atoms with van der Waals surface area (Å²) in [6, 6.07) is 4.46. The van der Waals surface area contributed by atoms with Crippen molar-refractivity contribution in [3.63, 3.8) is 0 Å². The van der Waals surface area contributed by atoms with Gasteiger partial charge in [-0.25, -0.2) is 4.79 Å². The van der Waals surface area contributed by atoms with Crippen LogP contribution >= 0.6 is 0 Å². The molecule has 6 nitrogen and oxygen atoms in total. The number of aromatic nitrogens is 2. The van der Waals surface area contributed by atoms with Crippen molar-refractivity contribution >= 4 is 22.8 Å². The van der Waals surface area contributed by atoms with Crippen LogP contribution in [0.3, 0.4) is 0 Å². The lowest BCUT2D eigenvalue weighted by Gasteiger charge is -1.87. The van der Waals surface area contributed by atoms with Gasteiger partial charge in [-0.1, -0.05) is 0 Å². The summed E-state index contributed by atoms with van der Waals surface area (Å²) in [6.07, 6.45) is 1.37. The third kappa shape index (κ3) is 1.15. The number of fused-ring (bicyclic) bond motifs is 1. The summed E-state index contributed by atoms with van der Waals surface area (Å²) >= 11 is 0. The highest BCUT2D eigenvalue weighted by Gasteiger charge is 2.08. The van der Waals surface area contributed by atoms with E-state index in [-0.39, 0.29) is 10.4 Å². The Morgan fingerprint density at radius 1 is 1.62 bits per heavy atom. The van der Waals surface area contributed by atoms with Gasteiger partial charge in [0, 0.05) is 11.2 Å². The second kappa shape index (κ2) is 2.69. The fourth-order valence-electron chi connectivity index (χ4n) is 0.983. The van der Waals surface area contributed by atoms with Gasteiger partial charge in [0.15, 0.2) is 0 Å². The van der Waals surface area contributed by atoms with Crippen LogP contribution in [0.5, 0.6) is 0 Å². The molecule has 6 heteroatoms. The molecule has 0 saturated heterocycles. The van der Waals surface area contributed by atoms with Crippen LogP contribution in [0.15, 0.2) is 27.8 Å². The lowest BCUT2D eigenvalue weighted by Crippen LogP contribution is -2.22. The predicted octanol–water partition coefficient (Wildman–Crippen LogP) is 0.428. The molecule has 0 N–H and O–H groups in total. The average Bonchev–Trinajstić information content (AvgIpc) is 2.49. The average molecular weight is 177 g/mol. The van der Waals surface area contributed by atoms with E-state index in [1.54, 1.807) is 0 Å². The normalized spacial score (nSPS) is 9.85. The molecule has 2 aromatic rings. The molecule has 0 amide bonds. The van der Waals surface area contributed by atoms with E-state index >= 15 is 0 Å². The van der Waals surface area contributed by atoms with Crippen molar-refractivity contribution in [2.24, 2.45) is 4.99 Å². The monoisotopic (exact) mass is 177 g/mol. The molecule has 0 aliphatic rings. The largest absolute Gasteiger partial charge is 0.359 e. The highest BCUT2D eigenvalue weighted by molar-refractivity contribution is 5.74. The molecule has 1 aromatic carbocycles. The van der Waals surface area contributed by atoms with E-state index in [1.807, 2.05) is 0 Å². The molecule has 64 valence electrons. The minimum Gasteiger partial charge on any atom is -0.359 e. The molecular formula is C7H3N3O3. The first kappa shape index (κ1) is 7.45. The van der Waals surface area contributed by atoms with Gasteiger partial charge in [-0.3, -0.25) is 4.63 Å². The maximum absolute atomic E-state index is 10.9. The zero-order chi connectivity index (χ0) is 9.26. The Labute approximate surface area is 71.6 Å². The van der Waals surface area contributed by atoms with Crippen LogP contribution in [0.2, 0.25) is 0 Å². The van der Waals surface area contributed by atoms with Crippen molar-refractivity contribution in [3.05, 3.63) is 23.4 Å². The predicted molar refractivity (Wildman–Crippen MR) is 40.8 cm³/mol. The Morgan fingerprint density at radius 3 is 3.23 bits per heavy atom. The van der Waals surface area contributed by atoms with Crippen LogP contribution in [0.1, 0.15) is 0 Å². The minimum atomic E-state index is 0.233. The molecule has 0 bridgehead atoms. The number of benzene rings is 1. The first-order valence-corrected chi connectivity index (χ1v) is 3.38. The molecule has 0 unspecified atom stereocenters. The third-order valence-electron chi connectivity index (χ3n) is 1.54. The zero-order valence-electron chi connectivity index (χ0n) is 6.30. The molecule has 1 aromatic heterocycles. The number of isocyanates is 1. The third-order valence-corrected chi connectivity index (χ3v) is 1.54. The van der Waals surface area contributed by atoms with Crippen molar-refractivity contribution < 1.29 is 14.3 Å². The second-order valence-electron chi connectivity index (χ2n) is 2.31. The Hall–Kier alpha value is -2.20. The van der Waals surface area contributed by atoms with Gasteiger partial charge in [0.25, 0.3) is 0 Å². The number of nitrogens with zero attached hydrogens (tertiary/aromatic N) is 3. The van der Waals surface area contributed by atoms with Gasteiger partial charge in [0.2, 0.25) is 17.1 Å². The summed E-state index contributed by atoms with van der Waals surface area (Å²) in [5, 5.41) is 14.3. The first-order valence-electron chi connectivity index (χ1n) is 3.38. The molecule has 0 radical (unpaired) electrons. The van der Waals surface area contributed by atoms with Gasteiger partial charge < -0.3 is 5.21 Å². The summed E-state index contributed by atoms with van der Waals surface area (Å²) in [5.41, 5.74) is 0.992. The molecule has 0 fully saturated rings. The van der Waals surface area contributed by atoms with Crippen LogP contribution < -0.4 is 4.90 Å². The van der Waals surface area contributed by atoms with Crippen molar-refractivity contribution in [2.45, 2.75) is 0 Å². The van der Waals surface area contributed by atoms with Gasteiger partial charge in [-0.05, 0) is 17.0 Å². The number of hydrogen-bond donors (Lipinski definition) is 0. The number of hydrogen-bond acceptors (Lipinski definition) is 5. The van der Waals surface area contributed by atoms with Crippen LogP contribution in [-0.4, -0.2) is 11.2 Å². The van der Waals surface area contributed by atoms with Crippen LogP contribution in [-0.2, 0) is 4.79 Å². The van der Waals surface area contributed by atoms with Crippen LogP contribution in [0, 0.1) is 5.21 Å². The lowest BCUT2D eigenvalue weighted by molar-refractivity contribution is -0.782. The van der Waals surface area contributed by atoms with E-state index in [4.69, 9.17) is 0 Å². The molecule has 2 rings (SSSR count). The summed E-state index contributed by atoms with van der Waals surface area (Å²) in [7, 11) is 0. The summed E-state index contributed by atoms with van der Waals surface area (Å²) in [5.74, 6) is 0. The molecule has 13 heavy (non-hydrogen) atoms. The Morgan fingerprint density at radius 2 is 2.46 bits per heavy atom. The fourth-order valence-corrected chi connectivity index (χ4v) is 0.983. The van der Waals surface area contributed by atoms with Gasteiger partial charge in [-0.2, -0.15) is 4.99 Å². The van der Waals surface area contributed by atoms with E-state index in [2.05, 4.69) is 14.8 Å². The van der Waals surface area contributed by atoms with E-state index < -0.39 is 0 Å². The summed E-state index contributed by atoms with van der Waals surface area (Å²) in [6.45, 7) is 0. The molecular weight excluding hydrogens is 174 g/mol. The fraction of sp³-hybridized carbons (Fsp3) is 0. The van der Waals surface area contributed by atoms with E-state index in [1.165, 1.54) is 24.3 Å². The van der Waals surface area contributed by atoms with Gasteiger partial charge in [-0.15, -0.1) is 0 Å². The maximum atomic E-state index is 10.9. The smallest absolute Gasteiger partial charge is 0.248 e. The molecule has 0 saturated carbocycles. The Kier molecular flexibility index (Phi) is 1.54. The van der Waals surface area contributed by atoms with Gasteiger partial charge >= 0.3 is 0 Å². The lowest BCUT2D eigenvalue weighted by atomic mass is 10.3. The SMILES string of the molecule is O=C=Nc1ccc2no[n+]([O-])c2c1. The van der Waals surface area contributed by atoms with Gasteiger partial charge in [0.05, 0.1) is 5.69 Å². The van der Waals surface area contributed by atoms with Gasteiger partial charge in [0.1, 0.15) is 0 Å². The molecule has 0 aliphatic carbocycles.